The Kier molecular flexibility index (Phi) is 6.76. The molecule has 0 saturated carbocycles. The van der Waals surface area contributed by atoms with E-state index >= 15 is 0 Å². The van der Waals surface area contributed by atoms with Crippen LogP contribution in [0.25, 0.3) is 0 Å². The van der Waals surface area contributed by atoms with Crippen molar-refractivity contribution >= 4 is 35.0 Å². The van der Waals surface area contributed by atoms with Crippen molar-refractivity contribution in [2.75, 3.05) is 25.0 Å². The maximum atomic E-state index is 13.4. The molecule has 10 heteroatoms. The summed E-state index contributed by atoms with van der Waals surface area (Å²) in [6.45, 7) is 2.09. The van der Waals surface area contributed by atoms with E-state index in [1.54, 1.807) is 26.4 Å². The Morgan fingerprint density at radius 3 is 2.78 bits per heavy atom. The van der Waals surface area contributed by atoms with E-state index in [0.717, 1.165) is 24.2 Å². The molecule has 0 spiro atoms. The van der Waals surface area contributed by atoms with Gasteiger partial charge in [-0.3, -0.25) is 4.79 Å². The first-order valence-corrected chi connectivity index (χ1v) is 11.5. The molecule has 0 saturated heterocycles. The molecule has 2 aromatic carbocycles. The van der Waals surface area contributed by atoms with Crippen molar-refractivity contribution in [3.8, 4) is 11.5 Å². The lowest BCUT2D eigenvalue weighted by atomic mass is 10.0. The van der Waals surface area contributed by atoms with Crippen molar-refractivity contribution in [1.82, 2.24) is 14.9 Å². The van der Waals surface area contributed by atoms with Gasteiger partial charge in [0.2, 0.25) is 11.1 Å². The van der Waals surface area contributed by atoms with Gasteiger partial charge in [0, 0.05) is 18.2 Å². The number of aryl methyl sites for hydroxylation is 1. The summed E-state index contributed by atoms with van der Waals surface area (Å²) in [6.07, 6.45) is 1.71. The number of hydrogen-bond donors (Lipinski definition) is 2. The van der Waals surface area contributed by atoms with Crippen molar-refractivity contribution < 1.29 is 14.3 Å². The molecular formula is C22H24ClN5O3S. The highest BCUT2D eigenvalue weighted by atomic mass is 35.5. The molecule has 3 aromatic rings. The van der Waals surface area contributed by atoms with Gasteiger partial charge >= 0.3 is 0 Å². The van der Waals surface area contributed by atoms with Crippen LogP contribution in [-0.2, 0) is 11.2 Å². The number of carbonyl (C=O) groups is 1. The summed E-state index contributed by atoms with van der Waals surface area (Å²) < 4.78 is 12.4. The molecule has 0 bridgehead atoms. The molecule has 0 radical (unpaired) electrons. The Morgan fingerprint density at radius 2 is 2.06 bits per heavy atom. The number of halogens is 1. The Morgan fingerprint density at radius 1 is 1.22 bits per heavy atom. The van der Waals surface area contributed by atoms with E-state index in [2.05, 4.69) is 27.9 Å². The van der Waals surface area contributed by atoms with E-state index in [1.165, 1.54) is 11.8 Å². The third kappa shape index (κ3) is 4.49. The molecule has 1 aliphatic heterocycles. The largest absolute Gasteiger partial charge is 0.497 e. The quantitative estimate of drug-likeness (QED) is 0.528. The number of rotatable bonds is 7. The zero-order valence-corrected chi connectivity index (χ0v) is 19.5. The van der Waals surface area contributed by atoms with Crippen LogP contribution >= 0.6 is 23.4 Å². The van der Waals surface area contributed by atoms with E-state index in [0.29, 0.717) is 27.4 Å². The second-order valence-corrected chi connectivity index (χ2v) is 8.76. The number of ether oxygens (including phenoxy) is 2. The van der Waals surface area contributed by atoms with E-state index in [-0.39, 0.29) is 11.9 Å². The van der Waals surface area contributed by atoms with E-state index in [9.17, 15) is 4.79 Å². The van der Waals surface area contributed by atoms with E-state index in [1.807, 2.05) is 35.0 Å². The zero-order chi connectivity index (χ0) is 22.7. The van der Waals surface area contributed by atoms with Crippen molar-refractivity contribution in [3.05, 3.63) is 58.9 Å². The monoisotopic (exact) mass is 473 g/mol. The summed E-state index contributed by atoms with van der Waals surface area (Å²) >= 11 is 7.76. The number of fused-ring (bicyclic) bond motifs is 1. The first-order chi connectivity index (χ1) is 15.5. The first-order valence-electron chi connectivity index (χ1n) is 10.2. The van der Waals surface area contributed by atoms with Gasteiger partial charge in [-0.25, -0.2) is 4.68 Å². The van der Waals surface area contributed by atoms with Gasteiger partial charge in [-0.1, -0.05) is 42.4 Å². The predicted molar refractivity (Wildman–Crippen MR) is 125 cm³/mol. The third-order valence-electron chi connectivity index (χ3n) is 5.11. The highest BCUT2D eigenvalue weighted by molar-refractivity contribution is 8.00. The first kappa shape index (κ1) is 22.3. The second kappa shape index (κ2) is 9.70. The molecule has 0 unspecified atom stereocenters. The second-order valence-electron chi connectivity index (χ2n) is 7.24. The molecule has 8 nitrogen and oxygen atoms in total. The van der Waals surface area contributed by atoms with E-state index in [4.69, 9.17) is 21.1 Å². The minimum absolute atomic E-state index is 0.168. The van der Waals surface area contributed by atoms with Crippen LogP contribution in [0.1, 0.15) is 30.8 Å². The molecule has 168 valence electrons. The predicted octanol–water partition coefficient (Wildman–Crippen LogP) is 4.30. The average Bonchev–Trinajstić information content (AvgIpc) is 3.20. The van der Waals surface area contributed by atoms with Gasteiger partial charge in [0.25, 0.3) is 0 Å². The van der Waals surface area contributed by atoms with Crippen LogP contribution in [0.15, 0.2) is 47.6 Å². The molecular weight excluding hydrogens is 450 g/mol. The summed E-state index contributed by atoms with van der Waals surface area (Å²) in [5, 5.41) is 12.2. The van der Waals surface area contributed by atoms with Crippen LogP contribution in [0.2, 0.25) is 5.02 Å². The van der Waals surface area contributed by atoms with Crippen molar-refractivity contribution in [3.63, 3.8) is 0 Å². The standard InChI is InChI=1S/C22H24ClN5O3S/c1-4-6-18-25-26-22-28(18)27-19(13-9-10-17(31-3)16(23)11-13)20(32-22)21(29)24-14-7-5-8-15(12-14)30-2/h5,7-12,19-20,27H,4,6H2,1-3H3,(H,24,29)/t19-,20+/m1/s1. The fourth-order valence-corrected chi connectivity index (χ4v) is 4.89. The third-order valence-corrected chi connectivity index (χ3v) is 6.62. The van der Waals surface area contributed by atoms with Crippen LogP contribution in [0.5, 0.6) is 11.5 Å². The number of nitrogens with one attached hydrogen (secondary N) is 2. The molecule has 1 aliphatic rings. The lowest BCUT2D eigenvalue weighted by Crippen LogP contribution is -2.41. The van der Waals surface area contributed by atoms with Gasteiger partial charge in [-0.05, 0) is 36.2 Å². The zero-order valence-electron chi connectivity index (χ0n) is 18.0. The Hall–Kier alpha value is -2.91. The van der Waals surface area contributed by atoms with Crippen LogP contribution in [0, 0.1) is 0 Å². The molecule has 1 amide bonds. The number of hydrogen-bond acceptors (Lipinski definition) is 7. The summed E-state index contributed by atoms with van der Waals surface area (Å²) in [7, 11) is 3.16. The summed E-state index contributed by atoms with van der Waals surface area (Å²) in [5.74, 6) is 1.90. The SMILES string of the molecule is CCCc1nnc2n1N[C@H](c1ccc(OC)c(Cl)c1)[C@@H](C(=O)Nc1cccc(OC)c1)S2. The number of methoxy groups -OCH3 is 2. The van der Waals surface area contributed by atoms with E-state index < -0.39 is 5.25 Å². The summed E-state index contributed by atoms with van der Waals surface area (Å²) in [6, 6.07) is 12.4. The van der Waals surface area contributed by atoms with Gasteiger partial charge in [0.1, 0.15) is 16.7 Å². The van der Waals surface area contributed by atoms with Crippen LogP contribution in [0.3, 0.4) is 0 Å². The molecule has 0 fully saturated rings. The molecule has 32 heavy (non-hydrogen) atoms. The maximum Gasteiger partial charge on any atom is 0.240 e. The molecule has 0 aliphatic carbocycles. The molecule has 2 N–H and O–H groups in total. The highest BCUT2D eigenvalue weighted by Gasteiger charge is 2.38. The van der Waals surface area contributed by atoms with Gasteiger partial charge in [0.15, 0.2) is 5.82 Å². The Bertz CT molecular complexity index is 1120. The van der Waals surface area contributed by atoms with Crippen LogP contribution < -0.4 is 20.2 Å². The fourth-order valence-electron chi connectivity index (χ4n) is 3.52. The topological polar surface area (TPSA) is 90.3 Å². The number of aromatic nitrogens is 3. The molecule has 1 aromatic heterocycles. The fraction of sp³-hybridized carbons (Fsp3) is 0.318. The molecule has 4 rings (SSSR count). The van der Waals surface area contributed by atoms with Crippen LogP contribution in [-0.4, -0.2) is 40.3 Å². The Labute approximate surface area is 195 Å². The normalized spacial score (nSPS) is 17.2. The number of thioether (sulfide) groups is 1. The average molecular weight is 474 g/mol. The van der Waals surface area contributed by atoms with Gasteiger partial charge in [0.05, 0.1) is 25.3 Å². The maximum absolute atomic E-state index is 13.4. The van der Waals surface area contributed by atoms with Crippen molar-refractivity contribution in [2.45, 2.75) is 36.2 Å². The highest BCUT2D eigenvalue weighted by Crippen LogP contribution is 2.39. The van der Waals surface area contributed by atoms with Gasteiger partial charge < -0.3 is 20.2 Å². The number of carbonyl (C=O) groups excluding carboxylic acids is 1. The van der Waals surface area contributed by atoms with Gasteiger partial charge in [-0.15, -0.1) is 10.2 Å². The Balaban J connectivity index is 1.68. The van der Waals surface area contributed by atoms with Crippen LogP contribution in [0.4, 0.5) is 5.69 Å². The number of anilines is 1. The summed E-state index contributed by atoms with van der Waals surface area (Å²) in [5.41, 5.74) is 4.95. The lowest BCUT2D eigenvalue weighted by molar-refractivity contribution is -0.116. The number of nitrogens with zero attached hydrogens (tertiary/aromatic N) is 3. The van der Waals surface area contributed by atoms with Crippen molar-refractivity contribution in [1.29, 1.82) is 0 Å². The number of amides is 1. The number of benzene rings is 2. The minimum Gasteiger partial charge on any atom is -0.497 e. The van der Waals surface area contributed by atoms with Crippen molar-refractivity contribution in [2.24, 2.45) is 0 Å². The minimum atomic E-state index is -0.517. The molecule has 2 heterocycles. The molecule has 2 atom stereocenters. The lowest BCUT2D eigenvalue weighted by Gasteiger charge is -2.33. The summed E-state index contributed by atoms with van der Waals surface area (Å²) in [4.78, 5) is 13.4. The smallest absolute Gasteiger partial charge is 0.240 e. The van der Waals surface area contributed by atoms with Gasteiger partial charge in [-0.2, -0.15) is 0 Å².